The Morgan fingerprint density at radius 2 is 1.86 bits per heavy atom. The minimum atomic E-state index is -0.953. The van der Waals surface area contributed by atoms with Crippen molar-refractivity contribution in [2.24, 2.45) is 5.73 Å². The molecule has 180 valence electrons. The van der Waals surface area contributed by atoms with Crippen LogP contribution in [0.5, 0.6) is 0 Å². The van der Waals surface area contributed by atoms with E-state index in [1.54, 1.807) is 24.3 Å². The van der Waals surface area contributed by atoms with Crippen LogP contribution in [0, 0.1) is 0 Å². The van der Waals surface area contributed by atoms with Crippen LogP contribution >= 0.6 is 11.6 Å². The lowest BCUT2D eigenvalue weighted by Crippen LogP contribution is -2.52. The molecule has 3 amide bonds. The summed E-state index contributed by atoms with van der Waals surface area (Å²) in [4.78, 5) is 42.8. The molecular formula is C28H28ClN3O3. The Hall–Kier alpha value is -3.64. The SMILES string of the molecule is C=CC(=O)N1C(C)CCN(C(Cc2cccc3ccccc23)C(N)=O)C(=O)C1c1cccc(Cl)c1. The van der Waals surface area contributed by atoms with E-state index in [0.717, 1.165) is 16.3 Å². The van der Waals surface area contributed by atoms with Gasteiger partial charge in [-0.05, 0) is 53.5 Å². The lowest BCUT2D eigenvalue weighted by molar-refractivity contribution is -0.146. The van der Waals surface area contributed by atoms with Crippen molar-refractivity contribution in [1.82, 2.24) is 9.80 Å². The summed E-state index contributed by atoms with van der Waals surface area (Å²) in [6.45, 7) is 5.80. The standard InChI is InChI=1S/C28H28ClN3O3/c1-3-25(33)32-18(2)14-15-31(28(35)26(32)21-11-7-12-22(29)16-21)24(27(30)34)17-20-10-6-9-19-8-4-5-13-23(19)20/h3-13,16,18,24,26H,1,14-15,17H2,2H3,(H2,30,34). The summed E-state index contributed by atoms with van der Waals surface area (Å²) in [6.07, 6.45) is 1.97. The molecule has 6 nitrogen and oxygen atoms in total. The maximum Gasteiger partial charge on any atom is 0.250 e. The highest BCUT2D eigenvalue weighted by Gasteiger charge is 2.42. The molecule has 0 spiro atoms. The van der Waals surface area contributed by atoms with E-state index in [9.17, 15) is 14.4 Å². The molecule has 3 unspecified atom stereocenters. The third kappa shape index (κ3) is 4.93. The molecule has 0 radical (unpaired) electrons. The van der Waals surface area contributed by atoms with Crippen LogP contribution < -0.4 is 5.73 Å². The van der Waals surface area contributed by atoms with Gasteiger partial charge in [-0.2, -0.15) is 0 Å². The highest BCUT2D eigenvalue weighted by atomic mass is 35.5. The molecule has 0 aliphatic carbocycles. The number of carbonyl (C=O) groups excluding carboxylic acids is 3. The van der Waals surface area contributed by atoms with Gasteiger partial charge in [-0.25, -0.2) is 0 Å². The summed E-state index contributed by atoms with van der Waals surface area (Å²) >= 11 is 6.24. The number of nitrogens with zero attached hydrogens (tertiary/aromatic N) is 2. The molecule has 0 bridgehead atoms. The van der Waals surface area contributed by atoms with E-state index < -0.39 is 18.0 Å². The summed E-state index contributed by atoms with van der Waals surface area (Å²) in [6, 6.07) is 18.6. The maximum absolute atomic E-state index is 14.1. The fraction of sp³-hybridized carbons (Fsp3) is 0.250. The smallest absolute Gasteiger partial charge is 0.250 e. The predicted octanol–water partition coefficient (Wildman–Crippen LogP) is 4.27. The van der Waals surface area contributed by atoms with Gasteiger partial charge >= 0.3 is 0 Å². The molecule has 1 aliphatic heterocycles. The summed E-state index contributed by atoms with van der Waals surface area (Å²) in [7, 11) is 0. The van der Waals surface area contributed by atoms with E-state index in [4.69, 9.17) is 17.3 Å². The van der Waals surface area contributed by atoms with E-state index >= 15 is 0 Å². The zero-order valence-electron chi connectivity index (χ0n) is 19.6. The van der Waals surface area contributed by atoms with Crippen molar-refractivity contribution in [1.29, 1.82) is 0 Å². The van der Waals surface area contributed by atoms with Crippen LogP contribution in [0.15, 0.2) is 79.4 Å². The molecule has 7 heteroatoms. The Bertz CT molecular complexity index is 1290. The minimum absolute atomic E-state index is 0.272. The number of nitrogens with two attached hydrogens (primary N) is 1. The van der Waals surface area contributed by atoms with Gasteiger partial charge in [0.15, 0.2) is 0 Å². The number of hydrogen-bond acceptors (Lipinski definition) is 3. The Kier molecular flexibility index (Phi) is 7.22. The number of halogens is 1. The minimum Gasteiger partial charge on any atom is -0.368 e. The quantitative estimate of drug-likeness (QED) is 0.525. The largest absolute Gasteiger partial charge is 0.368 e. The maximum atomic E-state index is 14.1. The third-order valence-electron chi connectivity index (χ3n) is 6.65. The number of hydrogen-bond donors (Lipinski definition) is 1. The second kappa shape index (κ2) is 10.3. The van der Waals surface area contributed by atoms with E-state index in [0.29, 0.717) is 17.0 Å². The van der Waals surface area contributed by atoms with Crippen LogP contribution in [-0.4, -0.2) is 46.1 Å². The van der Waals surface area contributed by atoms with Crippen LogP contribution in [0.4, 0.5) is 0 Å². The summed E-state index contributed by atoms with van der Waals surface area (Å²) in [5, 5.41) is 2.50. The van der Waals surface area contributed by atoms with Crippen molar-refractivity contribution in [3.05, 3.63) is 95.5 Å². The molecule has 3 aromatic rings. The Labute approximate surface area is 210 Å². The average Bonchev–Trinajstić information content (AvgIpc) is 2.97. The lowest BCUT2D eigenvalue weighted by atomic mass is 9.96. The molecule has 1 saturated heterocycles. The first kappa shape index (κ1) is 24.5. The molecule has 0 aromatic heterocycles. The molecule has 35 heavy (non-hydrogen) atoms. The molecular weight excluding hydrogens is 462 g/mol. The van der Waals surface area contributed by atoms with Crippen molar-refractivity contribution in [3.8, 4) is 0 Å². The Balaban J connectivity index is 1.78. The number of fused-ring (bicyclic) bond motifs is 1. The average molecular weight is 490 g/mol. The van der Waals surface area contributed by atoms with Crippen LogP contribution in [0.1, 0.15) is 30.5 Å². The van der Waals surface area contributed by atoms with Crippen LogP contribution in [-0.2, 0) is 20.8 Å². The van der Waals surface area contributed by atoms with Crippen LogP contribution in [0.2, 0.25) is 5.02 Å². The summed E-state index contributed by atoms with van der Waals surface area (Å²) < 4.78 is 0. The van der Waals surface area contributed by atoms with E-state index in [1.165, 1.54) is 15.9 Å². The van der Waals surface area contributed by atoms with Crippen molar-refractivity contribution < 1.29 is 14.4 Å². The Morgan fingerprint density at radius 3 is 2.57 bits per heavy atom. The van der Waals surface area contributed by atoms with Gasteiger partial charge in [0.25, 0.3) is 5.91 Å². The number of carbonyl (C=O) groups is 3. The van der Waals surface area contributed by atoms with Crippen molar-refractivity contribution in [2.45, 2.75) is 37.9 Å². The first-order valence-corrected chi connectivity index (χ1v) is 12.0. The van der Waals surface area contributed by atoms with Gasteiger partial charge in [-0.1, -0.05) is 72.8 Å². The second-order valence-corrected chi connectivity index (χ2v) is 9.27. The van der Waals surface area contributed by atoms with Gasteiger partial charge in [0, 0.05) is 24.0 Å². The van der Waals surface area contributed by atoms with Crippen LogP contribution in [0.25, 0.3) is 10.8 Å². The molecule has 3 atom stereocenters. The zero-order chi connectivity index (χ0) is 25.1. The summed E-state index contributed by atoms with van der Waals surface area (Å²) in [5.74, 6) is -1.31. The van der Waals surface area contributed by atoms with Gasteiger partial charge in [0.05, 0.1) is 0 Å². The summed E-state index contributed by atoms with van der Waals surface area (Å²) in [5.41, 5.74) is 7.39. The van der Waals surface area contributed by atoms with Crippen molar-refractivity contribution in [2.75, 3.05) is 6.54 Å². The highest BCUT2D eigenvalue weighted by Crippen LogP contribution is 2.33. The Morgan fingerprint density at radius 1 is 1.14 bits per heavy atom. The van der Waals surface area contributed by atoms with Gasteiger partial charge in [-0.3, -0.25) is 14.4 Å². The fourth-order valence-corrected chi connectivity index (χ4v) is 5.09. The molecule has 2 N–H and O–H groups in total. The second-order valence-electron chi connectivity index (χ2n) is 8.84. The first-order chi connectivity index (χ1) is 16.8. The lowest BCUT2D eigenvalue weighted by Gasteiger charge is -2.35. The van der Waals surface area contributed by atoms with Crippen molar-refractivity contribution >= 4 is 40.1 Å². The predicted molar refractivity (Wildman–Crippen MR) is 138 cm³/mol. The molecule has 0 saturated carbocycles. The number of benzene rings is 3. The topological polar surface area (TPSA) is 83.7 Å². The molecule has 1 aliphatic rings. The van der Waals surface area contributed by atoms with Gasteiger partial charge < -0.3 is 15.5 Å². The normalized spacial score (nSPS) is 19.3. The molecule has 1 fully saturated rings. The first-order valence-electron chi connectivity index (χ1n) is 11.6. The van der Waals surface area contributed by atoms with E-state index in [-0.39, 0.29) is 30.8 Å². The molecule has 1 heterocycles. The highest BCUT2D eigenvalue weighted by molar-refractivity contribution is 6.30. The van der Waals surface area contributed by atoms with Crippen LogP contribution in [0.3, 0.4) is 0 Å². The molecule has 4 rings (SSSR count). The van der Waals surface area contributed by atoms with Gasteiger partial charge in [0.1, 0.15) is 12.1 Å². The zero-order valence-corrected chi connectivity index (χ0v) is 20.3. The van der Waals surface area contributed by atoms with E-state index in [1.807, 2.05) is 49.4 Å². The fourth-order valence-electron chi connectivity index (χ4n) is 4.89. The number of primary amides is 1. The monoisotopic (exact) mass is 489 g/mol. The van der Waals surface area contributed by atoms with Gasteiger partial charge in [0.2, 0.25) is 11.8 Å². The number of rotatable bonds is 6. The van der Waals surface area contributed by atoms with Gasteiger partial charge in [-0.15, -0.1) is 0 Å². The third-order valence-corrected chi connectivity index (χ3v) is 6.88. The molecule has 3 aromatic carbocycles. The number of amides is 3. The van der Waals surface area contributed by atoms with E-state index in [2.05, 4.69) is 6.58 Å². The van der Waals surface area contributed by atoms with Crippen molar-refractivity contribution in [3.63, 3.8) is 0 Å².